The van der Waals surface area contributed by atoms with Gasteiger partial charge >= 0.3 is 5.97 Å². The first kappa shape index (κ1) is 28.2. The van der Waals surface area contributed by atoms with Gasteiger partial charge in [0, 0.05) is 19.0 Å². The number of ether oxygens (including phenoxy) is 3. The Morgan fingerprint density at radius 2 is 1.71 bits per heavy atom. The van der Waals surface area contributed by atoms with E-state index in [0.717, 1.165) is 12.0 Å². The molecule has 0 radical (unpaired) electrons. The minimum atomic E-state index is -0.529. The molecule has 7 heteroatoms. The van der Waals surface area contributed by atoms with Crippen molar-refractivity contribution in [2.75, 3.05) is 33.4 Å². The summed E-state index contributed by atoms with van der Waals surface area (Å²) in [4.78, 5) is 23.4. The molecule has 2 aromatic rings. The van der Waals surface area contributed by atoms with Gasteiger partial charge in [0.05, 0.1) is 25.6 Å². The lowest BCUT2D eigenvalue weighted by atomic mass is 9.96. The first-order valence-electron chi connectivity index (χ1n) is 12.0. The molecule has 0 saturated heterocycles. The number of esters is 1. The highest BCUT2D eigenvalue weighted by molar-refractivity contribution is 5.77. The quantitative estimate of drug-likeness (QED) is 0.332. The highest BCUT2D eigenvalue weighted by Crippen LogP contribution is 2.28. The number of primary amides is 1. The molecule has 1 amide bonds. The van der Waals surface area contributed by atoms with Crippen LogP contribution in [0.3, 0.4) is 0 Å². The molecular formula is C28H40N2O5. The first-order valence-corrected chi connectivity index (χ1v) is 12.0. The number of hydrogen-bond acceptors (Lipinski definition) is 6. The van der Waals surface area contributed by atoms with E-state index in [1.54, 1.807) is 25.3 Å². The molecule has 35 heavy (non-hydrogen) atoms. The van der Waals surface area contributed by atoms with Crippen LogP contribution in [-0.2, 0) is 27.2 Å². The molecule has 7 nitrogen and oxygen atoms in total. The van der Waals surface area contributed by atoms with Gasteiger partial charge < -0.3 is 25.3 Å². The van der Waals surface area contributed by atoms with Crippen LogP contribution in [0.15, 0.2) is 36.4 Å². The Morgan fingerprint density at radius 3 is 2.34 bits per heavy atom. The molecule has 2 rings (SSSR count). The van der Waals surface area contributed by atoms with Crippen LogP contribution in [0.2, 0.25) is 0 Å². The minimum Gasteiger partial charge on any atom is -0.493 e. The van der Waals surface area contributed by atoms with Crippen molar-refractivity contribution in [2.24, 2.45) is 17.1 Å². The summed E-state index contributed by atoms with van der Waals surface area (Å²) in [7, 11) is 1.56. The van der Waals surface area contributed by atoms with Gasteiger partial charge in [-0.15, -0.1) is 0 Å². The van der Waals surface area contributed by atoms with E-state index in [9.17, 15) is 9.59 Å². The van der Waals surface area contributed by atoms with Crippen molar-refractivity contribution in [1.29, 1.82) is 0 Å². The first-order chi connectivity index (χ1) is 16.5. The van der Waals surface area contributed by atoms with Crippen LogP contribution < -0.4 is 20.5 Å². The maximum Gasteiger partial charge on any atom is 0.311 e. The van der Waals surface area contributed by atoms with Gasteiger partial charge in [0.1, 0.15) is 6.61 Å². The summed E-state index contributed by atoms with van der Waals surface area (Å²) in [5.41, 5.74) is 9.26. The normalized spacial score (nSPS) is 12.2. The molecule has 1 unspecified atom stereocenters. The lowest BCUT2D eigenvalue weighted by molar-refractivity contribution is -0.154. The summed E-state index contributed by atoms with van der Waals surface area (Å²) in [5.74, 6) is 0.705. The van der Waals surface area contributed by atoms with Crippen LogP contribution in [0.25, 0.3) is 0 Å². The SMILES string of the molecule is COc1cc(CC(N)=O)ccc1OCCNCC(COC(=O)C(C)(C)C)Cc1ccc(C)c(C)c1. The van der Waals surface area contributed by atoms with E-state index in [0.29, 0.717) is 37.8 Å². The van der Waals surface area contributed by atoms with Crippen LogP contribution >= 0.6 is 0 Å². The van der Waals surface area contributed by atoms with Crippen molar-refractivity contribution >= 4 is 11.9 Å². The molecule has 0 heterocycles. The van der Waals surface area contributed by atoms with Gasteiger partial charge in [0.25, 0.3) is 0 Å². The van der Waals surface area contributed by atoms with E-state index >= 15 is 0 Å². The third-order valence-corrected chi connectivity index (χ3v) is 5.73. The topological polar surface area (TPSA) is 99.9 Å². The molecule has 3 N–H and O–H groups in total. The Bertz CT molecular complexity index is 997. The summed E-state index contributed by atoms with van der Waals surface area (Å²) in [5, 5.41) is 3.42. The average Bonchev–Trinajstić information content (AvgIpc) is 2.78. The van der Waals surface area contributed by atoms with E-state index in [1.807, 2.05) is 20.8 Å². The van der Waals surface area contributed by atoms with Gasteiger partial charge in [0.2, 0.25) is 5.91 Å². The van der Waals surface area contributed by atoms with Crippen LogP contribution in [0.5, 0.6) is 11.5 Å². The lowest BCUT2D eigenvalue weighted by Crippen LogP contribution is -2.33. The van der Waals surface area contributed by atoms with Crippen LogP contribution in [-0.4, -0.2) is 45.3 Å². The monoisotopic (exact) mass is 484 g/mol. The fourth-order valence-corrected chi connectivity index (χ4v) is 3.55. The minimum absolute atomic E-state index is 0.131. The lowest BCUT2D eigenvalue weighted by Gasteiger charge is -2.22. The van der Waals surface area contributed by atoms with Crippen LogP contribution in [0.1, 0.15) is 43.0 Å². The molecule has 192 valence electrons. The molecule has 0 spiro atoms. The van der Waals surface area contributed by atoms with Gasteiger partial charge in [-0.05, 0) is 75.4 Å². The van der Waals surface area contributed by atoms with E-state index in [2.05, 4.69) is 37.4 Å². The molecule has 0 saturated carbocycles. The number of benzene rings is 2. The standard InChI is InChI=1S/C28H40N2O5/c1-19-7-8-21(13-20(19)2)14-23(18-35-27(32)28(3,4)5)17-30-11-12-34-24-10-9-22(16-26(29)31)15-25(24)33-6/h7-10,13,15,23,30H,11-12,14,16-18H2,1-6H3,(H2,29,31). The summed E-state index contributed by atoms with van der Waals surface area (Å²) in [6.45, 7) is 11.9. The number of hydrogen-bond donors (Lipinski definition) is 2. The highest BCUT2D eigenvalue weighted by Gasteiger charge is 2.24. The van der Waals surface area contributed by atoms with Crippen molar-refractivity contribution < 1.29 is 23.8 Å². The molecule has 0 bridgehead atoms. The van der Waals surface area contributed by atoms with E-state index < -0.39 is 11.3 Å². The molecule has 0 aromatic heterocycles. The van der Waals surface area contributed by atoms with Crippen LogP contribution in [0.4, 0.5) is 0 Å². The number of carbonyl (C=O) groups is 2. The zero-order chi connectivity index (χ0) is 26.0. The number of aryl methyl sites for hydroxylation is 2. The maximum absolute atomic E-state index is 12.3. The van der Waals surface area contributed by atoms with Gasteiger partial charge in [0.15, 0.2) is 11.5 Å². The average molecular weight is 485 g/mol. The molecule has 0 aliphatic rings. The van der Waals surface area contributed by atoms with Gasteiger partial charge in [-0.1, -0.05) is 24.3 Å². The van der Waals surface area contributed by atoms with Gasteiger partial charge in [-0.2, -0.15) is 0 Å². The third-order valence-electron chi connectivity index (χ3n) is 5.73. The zero-order valence-corrected chi connectivity index (χ0v) is 21.9. The maximum atomic E-state index is 12.3. The Morgan fingerprint density at radius 1 is 1.00 bits per heavy atom. The van der Waals surface area contributed by atoms with E-state index in [1.165, 1.54) is 16.7 Å². The summed E-state index contributed by atoms with van der Waals surface area (Å²) in [6.07, 6.45) is 0.960. The number of carbonyl (C=O) groups excluding carboxylic acids is 2. The van der Waals surface area contributed by atoms with Crippen LogP contribution in [0, 0.1) is 25.2 Å². The molecule has 2 aromatic carbocycles. The molecule has 0 aliphatic carbocycles. The number of amides is 1. The second-order valence-electron chi connectivity index (χ2n) is 10.0. The smallest absolute Gasteiger partial charge is 0.311 e. The second-order valence-corrected chi connectivity index (χ2v) is 10.0. The molecular weight excluding hydrogens is 444 g/mol. The van der Waals surface area contributed by atoms with Crippen molar-refractivity contribution in [3.8, 4) is 11.5 Å². The Hall–Kier alpha value is -3.06. The summed E-state index contributed by atoms with van der Waals surface area (Å²) >= 11 is 0. The number of methoxy groups -OCH3 is 1. The number of nitrogens with two attached hydrogens (primary N) is 1. The predicted octanol–water partition coefficient (Wildman–Crippen LogP) is 3.76. The van der Waals surface area contributed by atoms with Gasteiger partial charge in [-0.3, -0.25) is 9.59 Å². The summed E-state index contributed by atoms with van der Waals surface area (Å²) < 4.78 is 16.9. The van der Waals surface area contributed by atoms with Gasteiger partial charge in [-0.25, -0.2) is 0 Å². The van der Waals surface area contributed by atoms with Crippen molar-refractivity contribution in [2.45, 2.75) is 47.5 Å². The van der Waals surface area contributed by atoms with Crippen molar-refractivity contribution in [3.63, 3.8) is 0 Å². The van der Waals surface area contributed by atoms with Crippen molar-refractivity contribution in [3.05, 3.63) is 58.7 Å². The zero-order valence-electron chi connectivity index (χ0n) is 21.9. The largest absolute Gasteiger partial charge is 0.493 e. The van der Waals surface area contributed by atoms with Crippen molar-refractivity contribution in [1.82, 2.24) is 5.32 Å². The fourth-order valence-electron chi connectivity index (χ4n) is 3.55. The number of rotatable bonds is 13. The van der Waals surface area contributed by atoms with E-state index in [4.69, 9.17) is 19.9 Å². The Kier molecular flexibility index (Phi) is 10.6. The third kappa shape index (κ3) is 9.61. The highest BCUT2D eigenvalue weighted by atomic mass is 16.5. The Labute approximate surface area is 209 Å². The Balaban J connectivity index is 1.91. The van der Waals surface area contributed by atoms with E-state index in [-0.39, 0.29) is 18.3 Å². The predicted molar refractivity (Wildman–Crippen MR) is 138 cm³/mol. The fraction of sp³-hybridized carbons (Fsp3) is 0.500. The molecule has 1 atom stereocenters. The number of nitrogens with one attached hydrogen (secondary N) is 1. The summed E-state index contributed by atoms with van der Waals surface area (Å²) in [6, 6.07) is 11.8. The molecule has 0 fully saturated rings. The second kappa shape index (κ2) is 13.1. The molecule has 0 aliphatic heterocycles.